The van der Waals surface area contributed by atoms with E-state index in [-0.39, 0.29) is 30.4 Å². The number of nitrogens with zero attached hydrogens (tertiary/aromatic N) is 2. The van der Waals surface area contributed by atoms with Gasteiger partial charge in [0.05, 0.1) is 24.2 Å². The van der Waals surface area contributed by atoms with E-state index in [0.29, 0.717) is 13.0 Å². The number of carbonyl (C=O) groups excluding carboxylic acids is 2. The summed E-state index contributed by atoms with van der Waals surface area (Å²) in [5, 5.41) is 20.2. The molecule has 2 bridgehead atoms. The average molecular weight is 437 g/mol. The number of rotatable bonds is 8. The molecular weight excluding hydrogens is 400 g/mol. The van der Waals surface area contributed by atoms with Crippen LogP contribution in [-0.2, 0) is 19.1 Å². The van der Waals surface area contributed by atoms with Crippen LogP contribution in [0.2, 0.25) is 0 Å². The highest BCUT2D eigenvalue weighted by Gasteiger charge is 2.80. The first-order valence-electron chi connectivity index (χ1n) is 11.2. The van der Waals surface area contributed by atoms with Crippen LogP contribution in [0.1, 0.15) is 48.0 Å². The fraction of sp³-hybridized carbons (Fsp3) is 0.783. The van der Waals surface area contributed by atoms with Crippen LogP contribution in [0.3, 0.4) is 0 Å². The van der Waals surface area contributed by atoms with Gasteiger partial charge in [-0.1, -0.05) is 26.8 Å². The third-order valence-corrected chi connectivity index (χ3v) is 7.80. The van der Waals surface area contributed by atoms with Crippen LogP contribution in [0, 0.1) is 23.7 Å². The second kappa shape index (κ2) is 7.89. The largest absolute Gasteiger partial charge is 0.481 e. The van der Waals surface area contributed by atoms with Crippen LogP contribution in [-0.4, -0.2) is 80.3 Å². The zero-order valence-electron chi connectivity index (χ0n) is 19.4. The van der Waals surface area contributed by atoms with Gasteiger partial charge in [-0.3, -0.25) is 14.4 Å². The van der Waals surface area contributed by atoms with Gasteiger partial charge in [0.15, 0.2) is 0 Å². The van der Waals surface area contributed by atoms with Crippen LogP contribution >= 0.6 is 0 Å². The molecule has 3 rings (SSSR count). The monoisotopic (exact) mass is 436 g/mol. The molecule has 174 valence electrons. The van der Waals surface area contributed by atoms with E-state index in [1.807, 2.05) is 34.6 Å². The van der Waals surface area contributed by atoms with Crippen LogP contribution in [0.4, 0.5) is 0 Å². The van der Waals surface area contributed by atoms with Gasteiger partial charge in [0, 0.05) is 12.6 Å². The number of carboxylic acids is 1. The number of carbonyl (C=O) groups is 3. The highest BCUT2D eigenvalue weighted by atomic mass is 16.5. The molecule has 31 heavy (non-hydrogen) atoms. The maximum atomic E-state index is 14.0. The second-order valence-electron chi connectivity index (χ2n) is 10.2. The van der Waals surface area contributed by atoms with Crippen LogP contribution in [0.5, 0.6) is 0 Å². The Morgan fingerprint density at radius 2 is 1.97 bits per heavy atom. The molecule has 1 spiro atoms. The lowest BCUT2D eigenvalue weighted by atomic mass is 9.62. The number of fused-ring (bicyclic) bond motifs is 1. The smallest absolute Gasteiger partial charge is 0.310 e. The summed E-state index contributed by atoms with van der Waals surface area (Å²) < 4.78 is 6.48. The zero-order chi connectivity index (χ0) is 23.5. The number of hydrogen-bond acceptors (Lipinski definition) is 5. The highest BCUT2D eigenvalue weighted by Crippen LogP contribution is 2.65. The van der Waals surface area contributed by atoms with Crippen molar-refractivity contribution < 1.29 is 29.3 Å². The lowest BCUT2D eigenvalue weighted by molar-refractivity contribution is -0.161. The minimum atomic E-state index is -1.22. The van der Waals surface area contributed by atoms with E-state index >= 15 is 0 Å². The van der Waals surface area contributed by atoms with Gasteiger partial charge in [0.2, 0.25) is 11.8 Å². The van der Waals surface area contributed by atoms with Crippen LogP contribution in [0.25, 0.3) is 0 Å². The Hall–Kier alpha value is -1.93. The van der Waals surface area contributed by atoms with E-state index in [1.165, 1.54) is 4.90 Å². The number of hydrogen-bond donors (Lipinski definition) is 2. The average Bonchev–Trinajstić information content (AvgIpc) is 3.17. The number of ether oxygens (including phenoxy) is 1. The molecule has 0 aromatic carbocycles. The molecule has 2 N–H and O–H groups in total. The van der Waals surface area contributed by atoms with E-state index in [1.54, 1.807) is 17.9 Å². The second-order valence-corrected chi connectivity index (χ2v) is 10.2. The van der Waals surface area contributed by atoms with Crippen molar-refractivity contribution in [3.8, 4) is 0 Å². The lowest BCUT2D eigenvalue weighted by Gasteiger charge is -2.41. The maximum absolute atomic E-state index is 14.0. The molecule has 3 aliphatic heterocycles. The Labute approximate surface area is 184 Å². The Morgan fingerprint density at radius 3 is 2.42 bits per heavy atom. The molecule has 3 fully saturated rings. The number of likely N-dealkylation sites (tertiary alicyclic amines) is 1. The van der Waals surface area contributed by atoms with E-state index < -0.39 is 47.0 Å². The summed E-state index contributed by atoms with van der Waals surface area (Å²) in [5.41, 5.74) is -2.24. The lowest BCUT2D eigenvalue weighted by Crippen LogP contribution is -2.60. The maximum Gasteiger partial charge on any atom is 0.310 e. The quantitative estimate of drug-likeness (QED) is 0.559. The summed E-state index contributed by atoms with van der Waals surface area (Å²) in [6, 6.07) is -1.74. The molecule has 0 saturated carbocycles. The van der Waals surface area contributed by atoms with Crippen LogP contribution < -0.4 is 0 Å². The summed E-state index contributed by atoms with van der Waals surface area (Å²) in [7, 11) is 0. The van der Waals surface area contributed by atoms with Crippen molar-refractivity contribution in [1.29, 1.82) is 0 Å². The van der Waals surface area contributed by atoms with Gasteiger partial charge < -0.3 is 24.7 Å². The molecule has 0 aromatic heterocycles. The molecule has 3 unspecified atom stereocenters. The van der Waals surface area contributed by atoms with Gasteiger partial charge in [-0.25, -0.2) is 0 Å². The van der Waals surface area contributed by atoms with Crippen molar-refractivity contribution in [3.63, 3.8) is 0 Å². The fourth-order valence-electron chi connectivity index (χ4n) is 6.16. The molecule has 3 heterocycles. The molecule has 2 amide bonds. The van der Waals surface area contributed by atoms with E-state index in [0.717, 1.165) is 0 Å². The first-order chi connectivity index (χ1) is 14.4. The molecule has 7 atom stereocenters. The summed E-state index contributed by atoms with van der Waals surface area (Å²) in [4.78, 5) is 43.2. The van der Waals surface area contributed by atoms with Crippen molar-refractivity contribution >= 4 is 17.8 Å². The molecule has 3 saturated heterocycles. The van der Waals surface area contributed by atoms with Crippen molar-refractivity contribution in [2.24, 2.45) is 23.7 Å². The predicted octanol–water partition coefficient (Wildman–Crippen LogP) is 1.52. The molecule has 0 aromatic rings. The summed E-state index contributed by atoms with van der Waals surface area (Å²) in [6.07, 6.45) is 2.06. The number of carboxylic acid groups (broad SMARTS) is 1. The molecule has 8 nitrogen and oxygen atoms in total. The van der Waals surface area contributed by atoms with Crippen LogP contribution in [0.15, 0.2) is 12.7 Å². The third kappa shape index (κ3) is 3.13. The zero-order valence-corrected chi connectivity index (χ0v) is 19.4. The van der Waals surface area contributed by atoms with E-state index in [2.05, 4.69) is 6.58 Å². The highest BCUT2D eigenvalue weighted by molar-refractivity contribution is 5.98. The number of aliphatic hydroxyl groups is 1. The van der Waals surface area contributed by atoms with Gasteiger partial charge in [-0.05, 0) is 39.0 Å². The fourth-order valence-corrected chi connectivity index (χ4v) is 6.16. The molecule has 8 heteroatoms. The van der Waals surface area contributed by atoms with Gasteiger partial charge in [0.1, 0.15) is 17.6 Å². The van der Waals surface area contributed by atoms with Crippen molar-refractivity contribution in [2.45, 2.75) is 77.3 Å². The SMILES string of the molecule is C=CCN(C(=O)C1N([C@@H](CO)C(C)C)C(=O)[C@@H]2[C@@H](C(=O)O)[C@]3(C)OC12CC3C)C(C)C. The van der Waals surface area contributed by atoms with Gasteiger partial charge in [-0.15, -0.1) is 6.58 Å². The Bertz CT molecular complexity index is 782. The first-order valence-corrected chi connectivity index (χ1v) is 11.2. The Morgan fingerprint density at radius 1 is 1.35 bits per heavy atom. The minimum Gasteiger partial charge on any atom is -0.481 e. The summed E-state index contributed by atoms with van der Waals surface area (Å²) in [6.45, 7) is 14.9. The standard InChI is InChI=1S/C23H36N2O6/c1-8-9-24(13(4)5)20(28)18-23-10-14(6)22(7,31-23)17(21(29)30)16(23)19(27)25(18)15(11-26)12(2)3/h8,12-18,26H,1,9-11H2,2-7H3,(H,29,30)/t14?,15-,16-,17-,18?,22+,23?/m0/s1. The molecule has 0 aliphatic carbocycles. The topological polar surface area (TPSA) is 107 Å². The molecular formula is C23H36N2O6. The van der Waals surface area contributed by atoms with E-state index in [4.69, 9.17) is 4.74 Å². The Kier molecular flexibility index (Phi) is 6.04. The summed E-state index contributed by atoms with van der Waals surface area (Å²) in [5.74, 6) is -4.03. The normalized spacial score (nSPS) is 37.5. The van der Waals surface area contributed by atoms with Gasteiger partial charge in [-0.2, -0.15) is 0 Å². The Balaban J connectivity index is 2.21. The van der Waals surface area contributed by atoms with Gasteiger partial charge in [0.25, 0.3) is 0 Å². The number of aliphatic carboxylic acids is 1. The number of amides is 2. The summed E-state index contributed by atoms with van der Waals surface area (Å²) >= 11 is 0. The number of aliphatic hydroxyl groups excluding tert-OH is 1. The van der Waals surface area contributed by atoms with Crippen molar-refractivity contribution in [1.82, 2.24) is 9.80 Å². The predicted molar refractivity (Wildman–Crippen MR) is 114 cm³/mol. The molecule has 3 aliphatic rings. The molecule has 0 radical (unpaired) electrons. The first kappa shape index (κ1) is 23.7. The van der Waals surface area contributed by atoms with Crippen molar-refractivity contribution in [3.05, 3.63) is 12.7 Å². The van der Waals surface area contributed by atoms with Gasteiger partial charge >= 0.3 is 5.97 Å². The van der Waals surface area contributed by atoms with Crippen molar-refractivity contribution in [2.75, 3.05) is 13.2 Å². The van der Waals surface area contributed by atoms with E-state index in [9.17, 15) is 24.6 Å². The third-order valence-electron chi connectivity index (χ3n) is 7.80. The minimum absolute atomic E-state index is 0.125.